The molecule has 0 aliphatic heterocycles. The molecule has 1 heterocycles. The van der Waals surface area contributed by atoms with Gasteiger partial charge in [0.05, 0.1) is 24.8 Å². The van der Waals surface area contributed by atoms with Gasteiger partial charge in [0, 0.05) is 19.7 Å². The highest BCUT2D eigenvalue weighted by Gasteiger charge is 2.39. The van der Waals surface area contributed by atoms with Crippen LogP contribution >= 0.6 is 0 Å². The first-order chi connectivity index (χ1) is 20.3. The Morgan fingerprint density at radius 1 is 0.953 bits per heavy atom. The third kappa shape index (κ3) is 11.5. The largest absolute Gasteiger partial charge is 0.551 e. The summed E-state index contributed by atoms with van der Waals surface area (Å²) < 4.78 is 15.5. The summed E-state index contributed by atoms with van der Waals surface area (Å²) in [5.74, 6) is -4.88. The van der Waals surface area contributed by atoms with Crippen LogP contribution in [0.25, 0.3) is 11.3 Å². The number of methoxy groups -OCH3 is 1. The van der Waals surface area contributed by atoms with Crippen LogP contribution in [0.15, 0.2) is 48.5 Å². The zero-order valence-electron chi connectivity index (χ0n) is 25.2. The maximum Gasteiger partial charge on any atom is 0.551 e. The monoisotopic (exact) mass is 598 g/mol. The number of hydrogen-bond donors (Lipinski definition) is 3. The van der Waals surface area contributed by atoms with E-state index < -0.39 is 67.9 Å². The number of nitrogens with one attached hydrogen (secondary N) is 2. The van der Waals surface area contributed by atoms with Gasteiger partial charge in [-0.2, -0.15) is 0 Å². The molecule has 1 aromatic heterocycles. The second-order valence-electron chi connectivity index (χ2n) is 10.4. The predicted molar refractivity (Wildman–Crippen MR) is 157 cm³/mol. The molecule has 43 heavy (non-hydrogen) atoms. The number of likely N-dealkylation sites (N-methyl/N-ethyl adjacent to an activating group) is 1. The number of rotatable bonds is 15. The standard InChI is InChI=1S/C29H39BN4O9/c1-18(2)15-23(30(42-17-24(36)34(4)5)43-26(38)16-25(37)41-6)32-29(40)27(19(3)35)33-28(39)22-14-10-13-21(31-22)20-11-8-7-9-12-20/h7-14,18-19,23,27,35H,15-17H2,1-6H3,(H,32,40)(H,33,39)/t19-,23+,27?/m1/s1. The van der Waals surface area contributed by atoms with E-state index in [-0.39, 0.29) is 18.0 Å². The van der Waals surface area contributed by atoms with Gasteiger partial charge < -0.3 is 34.7 Å². The van der Waals surface area contributed by atoms with E-state index in [4.69, 9.17) is 9.31 Å². The summed E-state index contributed by atoms with van der Waals surface area (Å²) in [5, 5.41) is 15.6. The fourth-order valence-electron chi connectivity index (χ4n) is 3.85. The summed E-state index contributed by atoms with van der Waals surface area (Å²) in [5.41, 5.74) is 1.36. The van der Waals surface area contributed by atoms with Gasteiger partial charge >= 0.3 is 19.1 Å². The second-order valence-corrected chi connectivity index (χ2v) is 10.4. The summed E-state index contributed by atoms with van der Waals surface area (Å²) in [6, 6.07) is 12.7. The highest BCUT2D eigenvalue weighted by atomic mass is 16.6. The molecule has 3 N–H and O–H groups in total. The molecule has 3 amide bonds. The molecule has 0 saturated heterocycles. The Kier molecular flexibility index (Phi) is 13.8. The van der Waals surface area contributed by atoms with Crippen LogP contribution < -0.4 is 10.6 Å². The SMILES string of the molecule is COC(=O)CC(=O)OB(OCC(=O)N(C)C)[C@H](CC(C)C)NC(=O)C(NC(=O)c1cccc(-c2ccccc2)n1)[C@@H](C)O. The lowest BCUT2D eigenvalue weighted by Gasteiger charge is -2.28. The molecule has 13 nitrogen and oxygen atoms in total. The Bertz CT molecular complexity index is 1260. The smallest absolute Gasteiger partial charge is 0.508 e. The topological polar surface area (TPSA) is 173 Å². The van der Waals surface area contributed by atoms with Crippen molar-refractivity contribution >= 4 is 36.8 Å². The molecule has 0 fully saturated rings. The van der Waals surface area contributed by atoms with Gasteiger partial charge in [0.25, 0.3) is 5.91 Å². The number of nitrogens with zero attached hydrogens (tertiary/aromatic N) is 2. The van der Waals surface area contributed by atoms with Crippen LogP contribution in [-0.4, -0.2) is 97.7 Å². The first-order valence-electron chi connectivity index (χ1n) is 13.7. The van der Waals surface area contributed by atoms with Gasteiger partial charge in [-0.1, -0.05) is 50.2 Å². The zero-order chi connectivity index (χ0) is 32.1. The van der Waals surface area contributed by atoms with E-state index in [0.717, 1.165) is 12.7 Å². The molecule has 232 valence electrons. The van der Waals surface area contributed by atoms with E-state index in [9.17, 15) is 29.1 Å². The summed E-state index contributed by atoms with van der Waals surface area (Å²) in [4.78, 5) is 68.5. The van der Waals surface area contributed by atoms with Crippen molar-refractivity contribution in [2.75, 3.05) is 27.8 Å². The number of aliphatic hydroxyl groups excluding tert-OH is 1. The Balaban J connectivity index is 2.28. The van der Waals surface area contributed by atoms with Crippen LogP contribution in [0.3, 0.4) is 0 Å². The summed E-state index contributed by atoms with van der Waals surface area (Å²) in [7, 11) is 2.65. The van der Waals surface area contributed by atoms with Gasteiger partial charge in [0.1, 0.15) is 24.8 Å². The molecule has 0 radical (unpaired) electrons. The van der Waals surface area contributed by atoms with Crippen LogP contribution in [0.4, 0.5) is 0 Å². The number of carbonyl (C=O) groups is 5. The fourth-order valence-corrected chi connectivity index (χ4v) is 3.85. The molecule has 1 unspecified atom stereocenters. The molecule has 2 aromatic rings. The highest BCUT2D eigenvalue weighted by Crippen LogP contribution is 2.17. The lowest BCUT2D eigenvalue weighted by molar-refractivity contribution is -0.149. The quantitative estimate of drug-likeness (QED) is 0.153. The molecule has 0 aliphatic carbocycles. The summed E-state index contributed by atoms with van der Waals surface area (Å²) >= 11 is 0. The molecular formula is C29H39BN4O9. The molecule has 1 aromatic carbocycles. The normalized spacial score (nSPS) is 12.8. The Morgan fingerprint density at radius 2 is 1.63 bits per heavy atom. The average molecular weight is 598 g/mol. The zero-order valence-corrected chi connectivity index (χ0v) is 25.2. The molecule has 0 spiro atoms. The number of pyridine rings is 1. The van der Waals surface area contributed by atoms with E-state index in [2.05, 4.69) is 20.4 Å². The van der Waals surface area contributed by atoms with Crippen LogP contribution in [0, 0.1) is 5.92 Å². The van der Waals surface area contributed by atoms with Gasteiger partial charge in [0.15, 0.2) is 0 Å². The van der Waals surface area contributed by atoms with Crippen molar-refractivity contribution in [1.82, 2.24) is 20.5 Å². The van der Waals surface area contributed by atoms with E-state index in [1.165, 1.54) is 32.0 Å². The maximum absolute atomic E-state index is 13.4. The van der Waals surface area contributed by atoms with Crippen molar-refractivity contribution in [1.29, 1.82) is 0 Å². The molecule has 0 aliphatic rings. The first-order valence-corrected chi connectivity index (χ1v) is 13.7. The van der Waals surface area contributed by atoms with Crippen molar-refractivity contribution in [2.24, 2.45) is 5.92 Å². The summed E-state index contributed by atoms with van der Waals surface area (Å²) in [6.07, 6.45) is -1.85. The number of ether oxygens (including phenoxy) is 1. The van der Waals surface area contributed by atoms with E-state index >= 15 is 0 Å². The van der Waals surface area contributed by atoms with Crippen LogP contribution in [0.1, 0.15) is 44.1 Å². The van der Waals surface area contributed by atoms with Crippen molar-refractivity contribution in [3.05, 3.63) is 54.2 Å². The van der Waals surface area contributed by atoms with Gasteiger partial charge in [0.2, 0.25) is 11.8 Å². The lowest BCUT2D eigenvalue weighted by atomic mass is 9.73. The van der Waals surface area contributed by atoms with Crippen molar-refractivity contribution < 1.29 is 43.1 Å². The number of aromatic nitrogens is 1. The van der Waals surface area contributed by atoms with E-state index in [1.807, 2.05) is 44.2 Å². The molecule has 14 heteroatoms. The maximum atomic E-state index is 13.4. The Labute approximate surface area is 251 Å². The van der Waals surface area contributed by atoms with Gasteiger partial charge in [-0.15, -0.1) is 0 Å². The number of benzene rings is 1. The molecular weight excluding hydrogens is 559 g/mol. The van der Waals surface area contributed by atoms with Gasteiger partial charge in [-0.05, 0) is 31.4 Å². The van der Waals surface area contributed by atoms with Crippen LogP contribution in [0.5, 0.6) is 0 Å². The minimum atomic E-state index is -1.48. The fraction of sp³-hybridized carbons (Fsp3) is 0.448. The van der Waals surface area contributed by atoms with Crippen LogP contribution in [-0.2, 0) is 33.2 Å². The number of hydrogen-bond acceptors (Lipinski definition) is 10. The second kappa shape index (κ2) is 17.0. The third-order valence-electron chi connectivity index (χ3n) is 6.12. The minimum Gasteiger partial charge on any atom is -0.508 e. The van der Waals surface area contributed by atoms with Gasteiger partial charge in [-0.3, -0.25) is 24.0 Å². The minimum absolute atomic E-state index is 0.0266. The van der Waals surface area contributed by atoms with Crippen molar-refractivity contribution in [2.45, 2.75) is 51.7 Å². The first kappa shape index (κ1) is 34.9. The number of esters is 1. The molecule has 2 rings (SSSR count). The van der Waals surface area contributed by atoms with Crippen molar-refractivity contribution in [3.8, 4) is 11.3 Å². The Hall–Kier alpha value is -4.30. The van der Waals surface area contributed by atoms with E-state index in [0.29, 0.717) is 5.69 Å². The van der Waals surface area contributed by atoms with Crippen molar-refractivity contribution in [3.63, 3.8) is 0 Å². The Morgan fingerprint density at radius 3 is 2.21 bits per heavy atom. The van der Waals surface area contributed by atoms with Gasteiger partial charge in [-0.25, -0.2) is 4.98 Å². The average Bonchev–Trinajstić information content (AvgIpc) is 2.97. The van der Waals surface area contributed by atoms with Crippen LogP contribution in [0.2, 0.25) is 0 Å². The number of amides is 3. The molecule has 0 bridgehead atoms. The highest BCUT2D eigenvalue weighted by molar-refractivity contribution is 6.49. The molecule has 0 saturated carbocycles. The predicted octanol–water partition coefficient (Wildman–Crippen LogP) is 0.997. The van der Waals surface area contributed by atoms with E-state index in [1.54, 1.807) is 12.1 Å². The third-order valence-corrected chi connectivity index (χ3v) is 6.12. The summed E-state index contributed by atoms with van der Waals surface area (Å²) in [6.45, 7) is 4.52. The number of carbonyl (C=O) groups excluding carboxylic acids is 5. The number of aliphatic hydroxyl groups is 1. The molecule has 3 atom stereocenters. The lowest BCUT2D eigenvalue weighted by Crippen LogP contribution is -2.59.